The second-order valence-electron chi connectivity index (χ2n) is 14.0. The first-order valence-electron chi connectivity index (χ1n) is 20.9. The van der Waals surface area contributed by atoms with Gasteiger partial charge < -0.3 is 21.1 Å². The zero-order chi connectivity index (χ0) is 35.4. The molecule has 0 aliphatic carbocycles. The molecule has 7 nitrogen and oxygen atoms in total. The highest BCUT2D eigenvalue weighted by molar-refractivity contribution is 5.76. The number of hydrogen-bond donors (Lipinski definition) is 4. The molecule has 0 saturated heterocycles. The summed E-state index contributed by atoms with van der Waals surface area (Å²) in [4.78, 5) is 32.4. The summed E-state index contributed by atoms with van der Waals surface area (Å²) < 4.78 is 0. The van der Waals surface area contributed by atoms with Crippen LogP contribution in [-0.4, -0.2) is 49.6 Å². The highest BCUT2D eigenvalue weighted by Gasteiger charge is 2.02. The second kappa shape index (κ2) is 45.4. The molecule has 0 aromatic carbocycles. The number of amides is 2. The lowest BCUT2D eigenvalue weighted by atomic mass is 10.0. The molecule has 0 atom stereocenters. The smallest absolute Gasteiger partial charge is 0.290 e. The highest BCUT2D eigenvalue weighted by Crippen LogP contribution is 2.15. The van der Waals surface area contributed by atoms with Gasteiger partial charge in [0.1, 0.15) is 0 Å². The van der Waals surface area contributed by atoms with E-state index in [0.717, 1.165) is 25.9 Å². The third-order valence-electron chi connectivity index (χ3n) is 9.26. The SMILES string of the molecule is CCCCCCCCCCCCCCCCCC(=O)NCCNCCNC(=O)CCCCCCCCCCCCCCCCC.O=CO. The molecule has 4 N–H and O–H groups in total. The molecule has 0 aromatic heterocycles. The molecule has 0 spiro atoms. The van der Waals surface area contributed by atoms with E-state index in [2.05, 4.69) is 29.8 Å². The van der Waals surface area contributed by atoms with Crippen molar-refractivity contribution in [2.75, 3.05) is 26.2 Å². The number of hydrogen-bond acceptors (Lipinski definition) is 4. The van der Waals surface area contributed by atoms with E-state index in [1.165, 1.54) is 180 Å². The Balaban J connectivity index is 0. The van der Waals surface area contributed by atoms with Crippen molar-refractivity contribution in [1.82, 2.24) is 16.0 Å². The van der Waals surface area contributed by atoms with Crippen molar-refractivity contribution in [3.8, 4) is 0 Å². The van der Waals surface area contributed by atoms with Crippen LogP contribution in [-0.2, 0) is 14.4 Å². The van der Waals surface area contributed by atoms with Crippen molar-refractivity contribution in [3.63, 3.8) is 0 Å². The zero-order valence-electron chi connectivity index (χ0n) is 32.2. The number of carboxylic acid groups (broad SMARTS) is 1. The van der Waals surface area contributed by atoms with Crippen molar-refractivity contribution in [2.24, 2.45) is 0 Å². The molecule has 7 heteroatoms. The second-order valence-corrected chi connectivity index (χ2v) is 14.0. The Hall–Kier alpha value is -1.63. The molecule has 0 aliphatic heterocycles. The van der Waals surface area contributed by atoms with Crippen LogP contribution in [0, 0.1) is 0 Å². The summed E-state index contributed by atoms with van der Waals surface area (Å²) in [5.41, 5.74) is 0. The van der Waals surface area contributed by atoms with Gasteiger partial charge in [-0.3, -0.25) is 14.4 Å². The maximum atomic E-state index is 12.0. The summed E-state index contributed by atoms with van der Waals surface area (Å²) in [6.07, 6.45) is 41.7. The van der Waals surface area contributed by atoms with Crippen LogP contribution in [0.2, 0.25) is 0 Å². The fraction of sp³-hybridized carbons (Fsp3) is 0.927. The fourth-order valence-electron chi connectivity index (χ4n) is 6.20. The molecule has 286 valence electrons. The Kier molecular flexibility index (Phi) is 45.8. The lowest BCUT2D eigenvalue weighted by Crippen LogP contribution is -2.36. The van der Waals surface area contributed by atoms with E-state index in [1.54, 1.807) is 0 Å². The van der Waals surface area contributed by atoms with E-state index in [1.807, 2.05) is 0 Å². The van der Waals surface area contributed by atoms with Gasteiger partial charge in [0.15, 0.2) is 0 Å². The molecule has 0 rings (SSSR count). The van der Waals surface area contributed by atoms with Gasteiger partial charge in [0.2, 0.25) is 11.8 Å². The monoisotopic (exact) mass is 682 g/mol. The minimum Gasteiger partial charge on any atom is -0.483 e. The van der Waals surface area contributed by atoms with E-state index >= 15 is 0 Å². The van der Waals surface area contributed by atoms with Crippen LogP contribution in [0.4, 0.5) is 0 Å². The van der Waals surface area contributed by atoms with E-state index in [9.17, 15) is 9.59 Å². The summed E-state index contributed by atoms with van der Waals surface area (Å²) in [5.74, 6) is 0.339. The van der Waals surface area contributed by atoms with E-state index < -0.39 is 0 Å². The van der Waals surface area contributed by atoms with Gasteiger partial charge in [-0.25, -0.2) is 0 Å². The first kappa shape index (κ1) is 48.5. The Morgan fingerprint density at radius 1 is 0.396 bits per heavy atom. The summed E-state index contributed by atoms with van der Waals surface area (Å²) in [5, 5.41) is 16.2. The average Bonchev–Trinajstić information content (AvgIpc) is 3.08. The van der Waals surface area contributed by atoms with Crippen LogP contribution in [0.5, 0.6) is 0 Å². The Bertz CT molecular complexity index is 597. The number of rotatable bonds is 38. The van der Waals surface area contributed by atoms with Crippen molar-refractivity contribution >= 4 is 18.3 Å². The molecule has 0 unspecified atom stereocenters. The largest absolute Gasteiger partial charge is 0.483 e. The average molecular weight is 682 g/mol. The molecule has 0 saturated carbocycles. The van der Waals surface area contributed by atoms with Gasteiger partial charge in [-0.2, -0.15) is 0 Å². The molecule has 0 heterocycles. The summed E-state index contributed by atoms with van der Waals surface area (Å²) in [6, 6.07) is 0. The first-order chi connectivity index (χ1) is 23.6. The lowest BCUT2D eigenvalue weighted by Gasteiger charge is -2.08. The molecular weight excluding hydrogens is 598 g/mol. The minimum absolute atomic E-state index is 0.170. The standard InChI is InChI=1S/C40H81N3O2.CH2O2/c1-3-5-7-9-11-13-15-17-19-21-23-25-27-29-31-33-39(44)42-37-35-41-36-38-43-40(45)34-32-30-28-26-24-22-20-18-16-14-12-10-8-6-4-2;2-1-3/h41H,3-38H2,1-2H3,(H,42,44)(H,43,45);1H,(H,2,3). The maximum absolute atomic E-state index is 12.0. The van der Waals surface area contributed by atoms with E-state index in [0.29, 0.717) is 25.9 Å². The van der Waals surface area contributed by atoms with Crippen LogP contribution in [0.25, 0.3) is 0 Å². The third-order valence-corrected chi connectivity index (χ3v) is 9.26. The van der Waals surface area contributed by atoms with Crippen LogP contribution in [0.15, 0.2) is 0 Å². The number of carbonyl (C=O) groups is 3. The number of nitrogens with one attached hydrogen (secondary N) is 3. The van der Waals surface area contributed by atoms with Crippen molar-refractivity contribution in [1.29, 1.82) is 0 Å². The molecule has 0 fully saturated rings. The van der Waals surface area contributed by atoms with Gasteiger partial charge in [0, 0.05) is 39.0 Å². The van der Waals surface area contributed by atoms with Crippen LogP contribution < -0.4 is 16.0 Å². The zero-order valence-corrected chi connectivity index (χ0v) is 32.2. The maximum Gasteiger partial charge on any atom is 0.290 e. The van der Waals surface area contributed by atoms with Crippen molar-refractivity contribution in [3.05, 3.63) is 0 Å². The molecule has 2 amide bonds. The Morgan fingerprint density at radius 3 is 0.833 bits per heavy atom. The van der Waals surface area contributed by atoms with Gasteiger partial charge >= 0.3 is 0 Å². The predicted octanol–water partition coefficient (Wildman–Crippen LogP) is 11.0. The summed E-state index contributed by atoms with van der Waals surface area (Å²) in [6.45, 7) is 7.13. The van der Waals surface area contributed by atoms with Gasteiger partial charge in [-0.15, -0.1) is 0 Å². The van der Waals surface area contributed by atoms with Gasteiger partial charge in [0.05, 0.1) is 0 Å². The minimum atomic E-state index is -0.250. The van der Waals surface area contributed by atoms with Crippen LogP contribution in [0.1, 0.15) is 219 Å². The highest BCUT2D eigenvalue weighted by atomic mass is 16.3. The van der Waals surface area contributed by atoms with Crippen molar-refractivity contribution < 1.29 is 19.5 Å². The third kappa shape index (κ3) is 46.5. The quantitative estimate of drug-likeness (QED) is 0.0383. The first-order valence-corrected chi connectivity index (χ1v) is 20.9. The normalized spacial score (nSPS) is 10.8. The molecule has 0 radical (unpaired) electrons. The van der Waals surface area contributed by atoms with E-state index in [4.69, 9.17) is 9.90 Å². The number of unbranched alkanes of at least 4 members (excludes halogenated alkanes) is 28. The molecular formula is C41H83N3O4. The Labute approximate surface area is 298 Å². The van der Waals surface area contributed by atoms with E-state index in [-0.39, 0.29) is 18.3 Å². The predicted molar refractivity (Wildman–Crippen MR) is 207 cm³/mol. The van der Waals surface area contributed by atoms with Gasteiger partial charge in [0.25, 0.3) is 6.47 Å². The number of carbonyl (C=O) groups excluding carboxylic acids is 2. The van der Waals surface area contributed by atoms with Gasteiger partial charge in [-0.05, 0) is 12.8 Å². The topological polar surface area (TPSA) is 108 Å². The molecule has 0 aromatic rings. The van der Waals surface area contributed by atoms with Crippen LogP contribution >= 0.6 is 0 Å². The molecule has 0 bridgehead atoms. The van der Waals surface area contributed by atoms with Crippen LogP contribution in [0.3, 0.4) is 0 Å². The summed E-state index contributed by atoms with van der Waals surface area (Å²) in [7, 11) is 0. The molecule has 0 aliphatic rings. The lowest BCUT2D eigenvalue weighted by molar-refractivity contribution is -0.123. The summed E-state index contributed by atoms with van der Waals surface area (Å²) >= 11 is 0. The Morgan fingerprint density at radius 2 is 0.604 bits per heavy atom. The molecule has 48 heavy (non-hydrogen) atoms. The van der Waals surface area contributed by atoms with Crippen molar-refractivity contribution in [2.45, 2.75) is 219 Å². The van der Waals surface area contributed by atoms with Gasteiger partial charge in [-0.1, -0.05) is 194 Å². The fourth-order valence-corrected chi connectivity index (χ4v) is 6.20.